The van der Waals surface area contributed by atoms with E-state index in [1.54, 1.807) is 24.3 Å². The molecule has 4 aromatic carbocycles. The molecule has 0 N–H and O–H groups in total. The first kappa shape index (κ1) is 20.9. The minimum Gasteiger partial charge on any atom is -0.386 e. The van der Waals surface area contributed by atoms with Crippen LogP contribution in [0.25, 0.3) is 22.3 Å². The van der Waals surface area contributed by atoms with Gasteiger partial charge in [-0.2, -0.15) is 0 Å². The summed E-state index contributed by atoms with van der Waals surface area (Å²) < 4.78 is 5.12. The number of rotatable bonds is 4. The Kier molecular flexibility index (Phi) is 6.17. The second-order valence-corrected chi connectivity index (χ2v) is 7.74. The van der Waals surface area contributed by atoms with Gasteiger partial charge in [0.05, 0.1) is 11.1 Å². The second kappa shape index (κ2) is 9.17. The third-order valence-corrected chi connectivity index (χ3v) is 5.10. The molecule has 4 aromatic rings. The van der Waals surface area contributed by atoms with E-state index in [9.17, 15) is 9.59 Å². The average Bonchev–Trinajstić information content (AvgIpc) is 2.79. The van der Waals surface area contributed by atoms with E-state index >= 15 is 0 Å². The van der Waals surface area contributed by atoms with Crippen molar-refractivity contribution in [3.63, 3.8) is 0 Å². The predicted octanol–water partition coefficient (Wildman–Crippen LogP) is 7.32. The van der Waals surface area contributed by atoms with E-state index in [0.717, 1.165) is 22.3 Å². The van der Waals surface area contributed by atoms with E-state index in [1.165, 1.54) is 12.1 Å². The summed E-state index contributed by atoms with van der Waals surface area (Å²) in [6.45, 7) is 0. The lowest BCUT2D eigenvalue weighted by molar-refractivity contribution is 0.0398. The summed E-state index contributed by atoms with van der Waals surface area (Å²) in [5.74, 6) is -1.57. The van der Waals surface area contributed by atoms with E-state index in [0.29, 0.717) is 10.0 Å². The van der Waals surface area contributed by atoms with Crippen molar-refractivity contribution in [3.05, 3.63) is 118 Å². The fourth-order valence-electron chi connectivity index (χ4n) is 3.21. The topological polar surface area (TPSA) is 43.4 Å². The monoisotopic (exact) mass is 446 g/mol. The number of benzene rings is 4. The van der Waals surface area contributed by atoms with Gasteiger partial charge in [-0.15, -0.1) is 0 Å². The normalized spacial score (nSPS) is 10.5. The van der Waals surface area contributed by atoms with Gasteiger partial charge in [-0.25, -0.2) is 9.59 Å². The number of hydrogen-bond acceptors (Lipinski definition) is 3. The first-order valence-electron chi connectivity index (χ1n) is 9.48. The molecule has 0 aromatic heterocycles. The molecule has 0 fully saturated rings. The zero-order valence-electron chi connectivity index (χ0n) is 16.2. The molecule has 0 saturated heterocycles. The average molecular weight is 447 g/mol. The maximum Gasteiger partial charge on any atom is 0.346 e. The van der Waals surface area contributed by atoms with Crippen molar-refractivity contribution in [2.75, 3.05) is 0 Å². The molecule has 3 nitrogen and oxygen atoms in total. The molecule has 0 heterocycles. The lowest BCUT2D eigenvalue weighted by atomic mass is 10.0. The summed E-state index contributed by atoms with van der Waals surface area (Å²) in [6, 6.07) is 28.7. The van der Waals surface area contributed by atoms with Crippen LogP contribution in [-0.2, 0) is 4.74 Å². The van der Waals surface area contributed by atoms with Gasteiger partial charge in [0.2, 0.25) is 0 Å². The molecule has 0 aliphatic heterocycles. The molecule has 0 amide bonds. The van der Waals surface area contributed by atoms with E-state index in [2.05, 4.69) is 0 Å². The van der Waals surface area contributed by atoms with Gasteiger partial charge in [0.1, 0.15) is 0 Å². The molecule has 4 rings (SSSR count). The molecule has 0 saturated carbocycles. The van der Waals surface area contributed by atoms with Crippen LogP contribution in [0.3, 0.4) is 0 Å². The molecule has 5 heteroatoms. The van der Waals surface area contributed by atoms with Gasteiger partial charge in [-0.1, -0.05) is 83.9 Å². The van der Waals surface area contributed by atoms with Crippen molar-refractivity contribution >= 4 is 35.1 Å². The second-order valence-electron chi connectivity index (χ2n) is 6.87. The maximum atomic E-state index is 12.7. The molecule has 31 heavy (non-hydrogen) atoms. The van der Waals surface area contributed by atoms with Crippen molar-refractivity contribution < 1.29 is 14.3 Å². The number of halogens is 2. The minimum absolute atomic E-state index is 0.185. The van der Waals surface area contributed by atoms with Gasteiger partial charge in [0.15, 0.2) is 0 Å². The van der Waals surface area contributed by atoms with Crippen LogP contribution in [0, 0.1) is 0 Å². The molecule has 152 valence electrons. The van der Waals surface area contributed by atoms with E-state index < -0.39 is 11.9 Å². The highest BCUT2D eigenvalue weighted by Gasteiger charge is 2.18. The van der Waals surface area contributed by atoms with Crippen LogP contribution in [-0.4, -0.2) is 11.9 Å². The molecular formula is C26H16Cl2O3. The van der Waals surface area contributed by atoms with Crippen molar-refractivity contribution in [1.29, 1.82) is 0 Å². The maximum absolute atomic E-state index is 12.7. The summed E-state index contributed by atoms with van der Waals surface area (Å²) in [7, 11) is 0. The molecule has 0 radical (unpaired) electrons. The van der Waals surface area contributed by atoms with E-state index in [1.807, 2.05) is 60.7 Å². The highest BCUT2D eigenvalue weighted by molar-refractivity contribution is 6.31. The van der Waals surface area contributed by atoms with Gasteiger partial charge >= 0.3 is 11.9 Å². The van der Waals surface area contributed by atoms with Crippen LogP contribution < -0.4 is 0 Å². The Labute approximate surface area is 189 Å². The van der Waals surface area contributed by atoms with Crippen LogP contribution in [0.4, 0.5) is 0 Å². The van der Waals surface area contributed by atoms with Gasteiger partial charge in [0, 0.05) is 10.0 Å². The lowest BCUT2D eigenvalue weighted by Gasteiger charge is -2.09. The largest absolute Gasteiger partial charge is 0.386 e. The molecule has 0 spiro atoms. The van der Waals surface area contributed by atoms with E-state index in [4.69, 9.17) is 27.9 Å². The third kappa shape index (κ3) is 5.02. The van der Waals surface area contributed by atoms with Gasteiger partial charge in [-0.05, 0) is 58.7 Å². The van der Waals surface area contributed by atoms with Crippen LogP contribution in [0.5, 0.6) is 0 Å². The number of esters is 2. The van der Waals surface area contributed by atoms with Crippen LogP contribution in [0.15, 0.2) is 97.1 Å². The molecular weight excluding hydrogens is 431 g/mol. The molecule has 0 aliphatic carbocycles. The summed E-state index contributed by atoms with van der Waals surface area (Å²) in [5.41, 5.74) is 3.67. The SMILES string of the molecule is O=C(OC(=O)c1cc(Cl)cc(-c2ccccc2)c1)c1cc(Cl)cc(-c2ccccc2)c1. The summed E-state index contributed by atoms with van der Waals surface area (Å²) >= 11 is 12.4. The molecule has 0 unspecified atom stereocenters. The smallest absolute Gasteiger partial charge is 0.346 e. The quantitative estimate of drug-likeness (QED) is 0.243. The fourth-order valence-corrected chi connectivity index (χ4v) is 3.68. The fraction of sp³-hybridized carbons (Fsp3) is 0. The van der Waals surface area contributed by atoms with Crippen molar-refractivity contribution in [2.45, 2.75) is 0 Å². The minimum atomic E-state index is -0.786. The van der Waals surface area contributed by atoms with Gasteiger partial charge in [-0.3, -0.25) is 0 Å². The number of ether oxygens (including phenoxy) is 1. The number of carbonyl (C=O) groups excluding carboxylic acids is 2. The summed E-state index contributed by atoms with van der Waals surface area (Å²) in [6.07, 6.45) is 0. The zero-order valence-corrected chi connectivity index (χ0v) is 17.7. The molecule has 0 aliphatic rings. The van der Waals surface area contributed by atoms with Crippen LogP contribution >= 0.6 is 23.2 Å². The van der Waals surface area contributed by atoms with Gasteiger partial charge < -0.3 is 4.74 Å². The lowest BCUT2D eigenvalue weighted by Crippen LogP contribution is -2.13. The first-order valence-corrected chi connectivity index (χ1v) is 10.2. The Morgan fingerprint density at radius 2 is 0.903 bits per heavy atom. The predicted molar refractivity (Wildman–Crippen MR) is 124 cm³/mol. The summed E-state index contributed by atoms with van der Waals surface area (Å²) in [4.78, 5) is 25.3. The van der Waals surface area contributed by atoms with E-state index in [-0.39, 0.29) is 11.1 Å². The summed E-state index contributed by atoms with van der Waals surface area (Å²) in [5, 5.41) is 0.741. The zero-order chi connectivity index (χ0) is 21.8. The molecule has 0 bridgehead atoms. The Morgan fingerprint density at radius 3 is 1.29 bits per heavy atom. The number of carbonyl (C=O) groups is 2. The first-order chi connectivity index (χ1) is 15.0. The van der Waals surface area contributed by atoms with Crippen LogP contribution in [0.2, 0.25) is 10.0 Å². The number of hydrogen-bond donors (Lipinski definition) is 0. The standard InChI is InChI=1S/C26H16Cl2O3/c27-23-13-19(17-7-3-1-4-8-17)11-21(15-23)25(29)31-26(30)22-12-20(14-24(28)16-22)18-9-5-2-6-10-18/h1-16H. The molecule has 0 atom stereocenters. The van der Waals surface area contributed by atoms with Crippen LogP contribution in [0.1, 0.15) is 20.7 Å². The van der Waals surface area contributed by atoms with Gasteiger partial charge in [0.25, 0.3) is 0 Å². The highest BCUT2D eigenvalue weighted by Crippen LogP contribution is 2.27. The van der Waals surface area contributed by atoms with Crippen molar-refractivity contribution in [2.24, 2.45) is 0 Å². The Balaban J connectivity index is 1.59. The van der Waals surface area contributed by atoms with Crippen molar-refractivity contribution in [1.82, 2.24) is 0 Å². The highest BCUT2D eigenvalue weighted by atomic mass is 35.5. The Morgan fingerprint density at radius 1 is 0.516 bits per heavy atom. The third-order valence-electron chi connectivity index (χ3n) is 4.67. The Bertz CT molecular complexity index is 1150. The Hall–Kier alpha value is -3.40. The van der Waals surface area contributed by atoms with Crippen molar-refractivity contribution in [3.8, 4) is 22.3 Å².